The Kier molecular flexibility index (Phi) is 5.50. The zero-order valence-electron chi connectivity index (χ0n) is 18.2. The molecule has 168 valence electrons. The van der Waals surface area contributed by atoms with Gasteiger partial charge in [0.1, 0.15) is 11.4 Å². The number of benzene rings is 1. The quantitative estimate of drug-likeness (QED) is 0.655. The first-order valence-corrected chi connectivity index (χ1v) is 10.4. The highest BCUT2D eigenvalue weighted by Gasteiger charge is 2.28. The Morgan fingerprint density at radius 3 is 2.66 bits per heavy atom. The van der Waals surface area contributed by atoms with Crippen LogP contribution in [0.1, 0.15) is 37.6 Å². The second-order valence-corrected chi connectivity index (χ2v) is 8.75. The zero-order chi connectivity index (χ0) is 23.0. The molecule has 0 bridgehead atoms. The number of aromatic nitrogens is 2. The topological polar surface area (TPSA) is 87.9 Å². The van der Waals surface area contributed by atoms with Crippen LogP contribution >= 0.6 is 0 Å². The number of anilines is 1. The smallest absolute Gasteiger partial charge is 0.411 e. The SMILES string of the molecule is CC(C)(C)OC(=O)N1CCCN(c2cn(-c3ccc(F)cc3C(=O)O)c3cnccc23)C1. The summed E-state index contributed by atoms with van der Waals surface area (Å²) in [6.07, 6.45) is 5.50. The van der Waals surface area contributed by atoms with Crippen molar-refractivity contribution in [3.05, 3.63) is 54.2 Å². The number of carboxylic acid groups (broad SMARTS) is 1. The van der Waals surface area contributed by atoms with Crippen LogP contribution in [0, 0.1) is 5.82 Å². The van der Waals surface area contributed by atoms with Gasteiger partial charge in [-0.1, -0.05) is 0 Å². The molecular formula is C23H25FN4O4. The third-order valence-corrected chi connectivity index (χ3v) is 5.23. The van der Waals surface area contributed by atoms with Gasteiger partial charge in [-0.3, -0.25) is 9.88 Å². The van der Waals surface area contributed by atoms with Crippen molar-refractivity contribution in [2.75, 3.05) is 24.7 Å². The fourth-order valence-corrected chi connectivity index (χ4v) is 3.87. The molecule has 1 saturated heterocycles. The number of rotatable bonds is 3. The highest BCUT2D eigenvalue weighted by molar-refractivity contribution is 5.97. The monoisotopic (exact) mass is 440 g/mol. The van der Waals surface area contributed by atoms with Crippen LogP contribution in [0.2, 0.25) is 0 Å². The van der Waals surface area contributed by atoms with E-state index in [0.717, 1.165) is 30.1 Å². The van der Waals surface area contributed by atoms with Crippen LogP contribution in [-0.4, -0.2) is 57.0 Å². The number of pyridine rings is 1. The van der Waals surface area contributed by atoms with Crippen molar-refractivity contribution in [1.82, 2.24) is 14.5 Å². The van der Waals surface area contributed by atoms with Crippen LogP contribution in [0.4, 0.5) is 14.9 Å². The maximum absolute atomic E-state index is 13.7. The molecule has 1 aliphatic heterocycles. The van der Waals surface area contributed by atoms with Crippen LogP contribution in [0.3, 0.4) is 0 Å². The molecule has 4 rings (SSSR count). The average Bonchev–Trinajstić information content (AvgIpc) is 3.12. The number of ether oxygens (including phenoxy) is 1. The van der Waals surface area contributed by atoms with Crippen LogP contribution in [-0.2, 0) is 4.74 Å². The summed E-state index contributed by atoms with van der Waals surface area (Å²) in [5, 5.41) is 10.5. The molecule has 1 N–H and O–H groups in total. The standard InChI is InChI=1S/C23H25FN4O4/c1-23(2,3)32-22(31)27-10-4-9-26(14-27)20-13-28(19-12-25-8-7-16(19)20)18-6-5-15(24)11-17(18)21(29)30/h5-8,11-13H,4,9-10,14H2,1-3H3,(H,29,30). The van der Waals surface area contributed by atoms with E-state index < -0.39 is 17.4 Å². The number of halogens is 1. The fourth-order valence-electron chi connectivity index (χ4n) is 3.87. The number of aromatic carboxylic acids is 1. The molecule has 9 heteroatoms. The van der Waals surface area contributed by atoms with Crippen molar-refractivity contribution in [3.8, 4) is 5.69 Å². The van der Waals surface area contributed by atoms with Gasteiger partial charge in [-0.05, 0) is 51.5 Å². The summed E-state index contributed by atoms with van der Waals surface area (Å²) in [6, 6.07) is 5.52. The van der Waals surface area contributed by atoms with Crippen LogP contribution in [0.15, 0.2) is 42.9 Å². The van der Waals surface area contributed by atoms with Gasteiger partial charge in [-0.2, -0.15) is 0 Å². The Hall–Kier alpha value is -3.62. The summed E-state index contributed by atoms with van der Waals surface area (Å²) in [7, 11) is 0. The van der Waals surface area contributed by atoms with E-state index in [0.29, 0.717) is 24.4 Å². The summed E-state index contributed by atoms with van der Waals surface area (Å²) in [6.45, 7) is 7.14. The van der Waals surface area contributed by atoms with E-state index >= 15 is 0 Å². The van der Waals surface area contributed by atoms with Crippen molar-refractivity contribution in [1.29, 1.82) is 0 Å². The Labute approximate surface area is 184 Å². The lowest BCUT2D eigenvalue weighted by atomic mass is 10.1. The first kappa shape index (κ1) is 21.6. The van der Waals surface area contributed by atoms with Gasteiger partial charge in [0.05, 0.1) is 35.3 Å². The van der Waals surface area contributed by atoms with Crippen molar-refractivity contribution in [2.45, 2.75) is 32.8 Å². The summed E-state index contributed by atoms with van der Waals surface area (Å²) in [5.74, 6) is -1.84. The molecule has 3 aromatic rings. The molecule has 1 amide bonds. The van der Waals surface area contributed by atoms with E-state index in [2.05, 4.69) is 9.88 Å². The van der Waals surface area contributed by atoms with Crippen molar-refractivity contribution < 1.29 is 23.8 Å². The van der Waals surface area contributed by atoms with Crippen LogP contribution in [0.25, 0.3) is 16.6 Å². The maximum Gasteiger partial charge on any atom is 0.411 e. The molecule has 0 radical (unpaired) electrons. The van der Waals surface area contributed by atoms with Gasteiger partial charge in [0.25, 0.3) is 0 Å². The molecule has 0 spiro atoms. The molecule has 2 aromatic heterocycles. The van der Waals surface area contributed by atoms with Crippen molar-refractivity contribution >= 4 is 28.7 Å². The van der Waals surface area contributed by atoms with Gasteiger partial charge >= 0.3 is 12.1 Å². The molecule has 8 nitrogen and oxygen atoms in total. The lowest BCUT2D eigenvalue weighted by Gasteiger charge is -2.37. The van der Waals surface area contributed by atoms with Gasteiger partial charge in [0.15, 0.2) is 0 Å². The van der Waals surface area contributed by atoms with Gasteiger partial charge < -0.3 is 19.3 Å². The molecule has 0 saturated carbocycles. The minimum absolute atomic E-state index is 0.147. The van der Waals surface area contributed by atoms with Crippen molar-refractivity contribution in [3.63, 3.8) is 0 Å². The largest absolute Gasteiger partial charge is 0.478 e. The predicted molar refractivity (Wildman–Crippen MR) is 118 cm³/mol. The Bertz CT molecular complexity index is 1180. The Morgan fingerprint density at radius 1 is 1.16 bits per heavy atom. The van der Waals surface area contributed by atoms with E-state index in [1.165, 1.54) is 12.1 Å². The Morgan fingerprint density at radius 2 is 1.94 bits per heavy atom. The highest BCUT2D eigenvalue weighted by atomic mass is 19.1. The first-order chi connectivity index (χ1) is 15.1. The van der Waals surface area contributed by atoms with E-state index in [9.17, 15) is 19.1 Å². The number of amides is 1. The normalized spacial score (nSPS) is 14.6. The molecule has 1 aromatic carbocycles. The molecule has 32 heavy (non-hydrogen) atoms. The number of hydrogen-bond acceptors (Lipinski definition) is 5. The minimum Gasteiger partial charge on any atom is -0.478 e. The number of fused-ring (bicyclic) bond motifs is 1. The first-order valence-electron chi connectivity index (χ1n) is 10.4. The van der Waals surface area contributed by atoms with E-state index in [4.69, 9.17) is 4.74 Å². The fraction of sp³-hybridized carbons (Fsp3) is 0.348. The molecule has 0 aliphatic carbocycles. The highest BCUT2D eigenvalue weighted by Crippen LogP contribution is 2.33. The average molecular weight is 440 g/mol. The summed E-state index contributed by atoms with van der Waals surface area (Å²) in [4.78, 5) is 32.2. The summed E-state index contributed by atoms with van der Waals surface area (Å²) >= 11 is 0. The third kappa shape index (κ3) is 4.23. The van der Waals surface area contributed by atoms with E-state index in [1.807, 2.05) is 33.0 Å². The number of hydrogen-bond donors (Lipinski definition) is 1. The summed E-state index contributed by atoms with van der Waals surface area (Å²) < 4.78 is 20.9. The minimum atomic E-state index is -1.22. The Balaban J connectivity index is 1.74. The van der Waals surface area contributed by atoms with Gasteiger partial charge in [-0.25, -0.2) is 14.0 Å². The van der Waals surface area contributed by atoms with Gasteiger partial charge in [0, 0.05) is 30.9 Å². The van der Waals surface area contributed by atoms with Crippen LogP contribution < -0.4 is 4.90 Å². The molecule has 1 aliphatic rings. The molecule has 0 atom stereocenters. The lowest BCUT2D eigenvalue weighted by Crippen LogP contribution is -2.49. The number of carboxylic acids is 1. The third-order valence-electron chi connectivity index (χ3n) is 5.23. The maximum atomic E-state index is 13.7. The number of nitrogens with zero attached hydrogens (tertiary/aromatic N) is 4. The second kappa shape index (κ2) is 8.14. The summed E-state index contributed by atoms with van der Waals surface area (Å²) in [5.41, 5.74) is 1.12. The predicted octanol–water partition coefficient (Wildman–Crippen LogP) is 4.27. The van der Waals surface area contributed by atoms with Crippen molar-refractivity contribution in [2.24, 2.45) is 0 Å². The second-order valence-electron chi connectivity index (χ2n) is 8.75. The lowest BCUT2D eigenvalue weighted by molar-refractivity contribution is 0.0225. The molecular weight excluding hydrogens is 415 g/mol. The zero-order valence-corrected chi connectivity index (χ0v) is 18.2. The van der Waals surface area contributed by atoms with E-state index in [-0.39, 0.29) is 11.7 Å². The van der Waals surface area contributed by atoms with Crippen LogP contribution in [0.5, 0.6) is 0 Å². The molecule has 1 fully saturated rings. The number of carbonyl (C=O) groups excluding carboxylic acids is 1. The van der Waals surface area contributed by atoms with Gasteiger partial charge in [-0.15, -0.1) is 0 Å². The van der Waals surface area contributed by atoms with E-state index in [1.54, 1.807) is 21.9 Å². The molecule has 3 heterocycles. The number of carbonyl (C=O) groups is 2. The molecule has 0 unspecified atom stereocenters. The van der Waals surface area contributed by atoms with Gasteiger partial charge in [0.2, 0.25) is 0 Å².